The Bertz CT molecular complexity index is 228. The second-order valence-electron chi connectivity index (χ2n) is 4.28. The van der Waals surface area contributed by atoms with Gasteiger partial charge in [0.25, 0.3) is 0 Å². The lowest BCUT2D eigenvalue weighted by atomic mass is 10.1. The van der Waals surface area contributed by atoms with Gasteiger partial charge in [-0.1, -0.05) is 0 Å². The van der Waals surface area contributed by atoms with Crippen LogP contribution in [0.5, 0.6) is 0 Å². The molecule has 3 nitrogen and oxygen atoms in total. The summed E-state index contributed by atoms with van der Waals surface area (Å²) in [6, 6.07) is 0.0130. The quantitative estimate of drug-likeness (QED) is 0.741. The number of amides is 1. The minimum atomic E-state index is 0.0130. The number of thioether (sulfide) groups is 1. The van der Waals surface area contributed by atoms with Crippen LogP contribution in [0.15, 0.2) is 0 Å². The molecule has 2 heterocycles. The molecule has 0 aromatic heterocycles. The molecule has 1 N–H and O–H groups in total. The van der Waals surface area contributed by atoms with Crippen molar-refractivity contribution >= 4 is 17.7 Å². The standard InChI is InChI=1S/C10H18N2OS/c1-7-10(13)12(8(2)11-7)5-9-3-4-14-6-9/h7-9,11H,3-6H2,1-2H3. The van der Waals surface area contributed by atoms with E-state index in [1.165, 1.54) is 17.9 Å². The third-order valence-electron chi connectivity index (χ3n) is 3.09. The number of carbonyl (C=O) groups excluding carboxylic acids is 1. The first-order valence-electron chi connectivity index (χ1n) is 5.32. The monoisotopic (exact) mass is 214 g/mol. The third kappa shape index (κ3) is 1.91. The summed E-state index contributed by atoms with van der Waals surface area (Å²) in [6.45, 7) is 4.97. The molecule has 0 radical (unpaired) electrons. The van der Waals surface area contributed by atoms with Crippen LogP contribution in [0.25, 0.3) is 0 Å². The SMILES string of the molecule is CC1NC(C)N(CC2CCSC2)C1=O. The minimum Gasteiger partial charge on any atom is -0.326 e. The van der Waals surface area contributed by atoms with E-state index in [1.807, 2.05) is 23.6 Å². The van der Waals surface area contributed by atoms with E-state index in [2.05, 4.69) is 12.2 Å². The van der Waals surface area contributed by atoms with Gasteiger partial charge in [0, 0.05) is 6.54 Å². The summed E-state index contributed by atoms with van der Waals surface area (Å²) in [7, 11) is 0. The molecule has 0 aromatic carbocycles. The molecule has 0 aliphatic carbocycles. The normalized spacial score (nSPS) is 38.3. The summed E-state index contributed by atoms with van der Waals surface area (Å²) in [5, 5.41) is 3.26. The molecule has 4 heteroatoms. The average Bonchev–Trinajstić information content (AvgIpc) is 2.71. The zero-order valence-electron chi connectivity index (χ0n) is 8.82. The average molecular weight is 214 g/mol. The molecule has 0 aromatic rings. The highest BCUT2D eigenvalue weighted by molar-refractivity contribution is 7.99. The molecule has 0 bridgehead atoms. The van der Waals surface area contributed by atoms with Crippen molar-refractivity contribution in [2.24, 2.45) is 5.92 Å². The molecule has 3 atom stereocenters. The smallest absolute Gasteiger partial charge is 0.240 e. The fourth-order valence-electron chi connectivity index (χ4n) is 2.22. The third-order valence-corrected chi connectivity index (χ3v) is 4.32. The topological polar surface area (TPSA) is 32.3 Å². The molecule has 3 unspecified atom stereocenters. The lowest BCUT2D eigenvalue weighted by molar-refractivity contribution is -0.130. The number of carbonyl (C=O) groups is 1. The lowest BCUT2D eigenvalue weighted by Crippen LogP contribution is -2.38. The molecule has 0 spiro atoms. The minimum absolute atomic E-state index is 0.0130. The molecule has 2 rings (SSSR count). The fourth-order valence-corrected chi connectivity index (χ4v) is 3.49. The Labute approximate surface area is 89.6 Å². The van der Waals surface area contributed by atoms with Crippen LogP contribution in [-0.4, -0.2) is 41.1 Å². The maximum absolute atomic E-state index is 11.8. The van der Waals surface area contributed by atoms with Gasteiger partial charge in [-0.05, 0) is 37.7 Å². The predicted molar refractivity (Wildman–Crippen MR) is 59.2 cm³/mol. The number of nitrogens with zero attached hydrogens (tertiary/aromatic N) is 1. The number of hydrogen-bond acceptors (Lipinski definition) is 3. The zero-order chi connectivity index (χ0) is 10.1. The van der Waals surface area contributed by atoms with Gasteiger partial charge in [-0.3, -0.25) is 10.1 Å². The second-order valence-corrected chi connectivity index (χ2v) is 5.43. The summed E-state index contributed by atoms with van der Waals surface area (Å²) in [6.07, 6.45) is 1.50. The van der Waals surface area contributed by atoms with Gasteiger partial charge in [-0.15, -0.1) is 0 Å². The van der Waals surface area contributed by atoms with E-state index in [4.69, 9.17) is 0 Å². The van der Waals surface area contributed by atoms with Crippen molar-refractivity contribution in [1.82, 2.24) is 10.2 Å². The van der Waals surface area contributed by atoms with Crippen molar-refractivity contribution in [3.63, 3.8) is 0 Å². The Morgan fingerprint density at radius 3 is 2.86 bits per heavy atom. The number of hydrogen-bond donors (Lipinski definition) is 1. The first-order valence-corrected chi connectivity index (χ1v) is 6.48. The molecule has 14 heavy (non-hydrogen) atoms. The second kappa shape index (κ2) is 4.11. The lowest BCUT2D eigenvalue weighted by Gasteiger charge is -2.23. The Morgan fingerprint density at radius 2 is 2.36 bits per heavy atom. The van der Waals surface area contributed by atoms with Crippen molar-refractivity contribution in [2.75, 3.05) is 18.1 Å². The number of nitrogens with one attached hydrogen (secondary N) is 1. The molecule has 0 saturated carbocycles. The number of rotatable bonds is 2. The Morgan fingerprint density at radius 1 is 1.57 bits per heavy atom. The van der Waals surface area contributed by atoms with E-state index < -0.39 is 0 Å². The van der Waals surface area contributed by atoms with Crippen LogP contribution in [0.1, 0.15) is 20.3 Å². The van der Waals surface area contributed by atoms with Crippen molar-refractivity contribution in [3.8, 4) is 0 Å². The summed E-state index contributed by atoms with van der Waals surface area (Å²) in [5.74, 6) is 3.49. The van der Waals surface area contributed by atoms with Crippen molar-refractivity contribution in [1.29, 1.82) is 0 Å². The van der Waals surface area contributed by atoms with Crippen LogP contribution >= 0.6 is 11.8 Å². The van der Waals surface area contributed by atoms with E-state index >= 15 is 0 Å². The van der Waals surface area contributed by atoms with Crippen LogP contribution in [0, 0.1) is 5.92 Å². The van der Waals surface area contributed by atoms with E-state index in [9.17, 15) is 4.79 Å². The highest BCUT2D eigenvalue weighted by Crippen LogP contribution is 2.25. The van der Waals surface area contributed by atoms with Crippen molar-refractivity contribution in [2.45, 2.75) is 32.5 Å². The molecule has 2 aliphatic heterocycles. The Kier molecular flexibility index (Phi) is 3.02. The maximum Gasteiger partial charge on any atom is 0.240 e. The van der Waals surface area contributed by atoms with Crippen LogP contribution < -0.4 is 5.32 Å². The van der Waals surface area contributed by atoms with Gasteiger partial charge in [0.15, 0.2) is 0 Å². The van der Waals surface area contributed by atoms with Crippen LogP contribution in [-0.2, 0) is 4.79 Å². The Hall–Kier alpha value is -0.220. The van der Waals surface area contributed by atoms with E-state index in [0.717, 1.165) is 12.5 Å². The van der Waals surface area contributed by atoms with Gasteiger partial charge in [-0.25, -0.2) is 0 Å². The summed E-state index contributed by atoms with van der Waals surface area (Å²) >= 11 is 2.01. The van der Waals surface area contributed by atoms with Crippen molar-refractivity contribution < 1.29 is 4.79 Å². The van der Waals surface area contributed by atoms with Gasteiger partial charge in [0.05, 0.1) is 12.2 Å². The first kappa shape index (κ1) is 10.3. The zero-order valence-corrected chi connectivity index (χ0v) is 9.64. The fraction of sp³-hybridized carbons (Fsp3) is 0.900. The summed E-state index contributed by atoms with van der Waals surface area (Å²) in [4.78, 5) is 13.8. The summed E-state index contributed by atoms with van der Waals surface area (Å²) < 4.78 is 0. The van der Waals surface area contributed by atoms with Gasteiger partial charge in [0.2, 0.25) is 5.91 Å². The molecule has 80 valence electrons. The molecule has 2 fully saturated rings. The van der Waals surface area contributed by atoms with Gasteiger partial charge in [-0.2, -0.15) is 11.8 Å². The molecule has 1 amide bonds. The van der Waals surface area contributed by atoms with Gasteiger partial charge < -0.3 is 4.90 Å². The van der Waals surface area contributed by atoms with Crippen LogP contribution in [0.4, 0.5) is 0 Å². The first-order chi connectivity index (χ1) is 6.68. The molecular formula is C10H18N2OS. The van der Waals surface area contributed by atoms with E-state index in [0.29, 0.717) is 0 Å². The highest BCUT2D eigenvalue weighted by atomic mass is 32.2. The van der Waals surface area contributed by atoms with E-state index in [-0.39, 0.29) is 18.1 Å². The van der Waals surface area contributed by atoms with Crippen LogP contribution in [0.3, 0.4) is 0 Å². The van der Waals surface area contributed by atoms with E-state index in [1.54, 1.807) is 0 Å². The largest absolute Gasteiger partial charge is 0.326 e. The molecular weight excluding hydrogens is 196 g/mol. The summed E-state index contributed by atoms with van der Waals surface area (Å²) in [5.41, 5.74) is 0. The molecule has 2 aliphatic rings. The van der Waals surface area contributed by atoms with Crippen LogP contribution in [0.2, 0.25) is 0 Å². The van der Waals surface area contributed by atoms with Gasteiger partial charge >= 0.3 is 0 Å². The maximum atomic E-state index is 11.8. The van der Waals surface area contributed by atoms with Gasteiger partial charge in [0.1, 0.15) is 0 Å². The predicted octanol–water partition coefficient (Wildman–Crippen LogP) is 0.906. The van der Waals surface area contributed by atoms with Crippen molar-refractivity contribution in [3.05, 3.63) is 0 Å². The Balaban J connectivity index is 1.92. The molecule has 2 saturated heterocycles. The highest BCUT2D eigenvalue weighted by Gasteiger charge is 2.34.